The number of hydrogen-bond acceptors (Lipinski definition) is 1. The zero-order valence-electron chi connectivity index (χ0n) is 33.3. The monoisotopic (exact) mass is 644 g/mol. The Hall–Kier alpha value is -2.25. The SMILES string of the molecule is C#Cc1cc(CCCCC)ccc1C1CC(C)=CCC1C(C)(C)C.C=C(C)C1(CC)CCCC1.CC#N.CCCC(CCC)CCC. The second-order valence-electron chi connectivity index (χ2n) is 15.7. The molecule has 0 N–H and O–H groups in total. The van der Waals surface area contributed by atoms with Gasteiger partial charge in [0.05, 0.1) is 6.07 Å². The van der Waals surface area contributed by atoms with Crippen LogP contribution in [0, 0.1) is 46.3 Å². The maximum Gasteiger partial charge on any atom is 0.0587 e. The lowest BCUT2D eigenvalue weighted by molar-refractivity contribution is 0.192. The highest BCUT2D eigenvalue weighted by atomic mass is 14.4. The number of hydrogen-bond donors (Lipinski definition) is 0. The molecule has 0 radical (unpaired) electrons. The summed E-state index contributed by atoms with van der Waals surface area (Å²) in [6.07, 6.45) is 31.0. The Balaban J connectivity index is 0.000000757. The van der Waals surface area contributed by atoms with E-state index in [9.17, 15) is 0 Å². The third-order valence-electron chi connectivity index (χ3n) is 10.8. The van der Waals surface area contributed by atoms with Crippen LogP contribution in [-0.4, -0.2) is 0 Å². The van der Waals surface area contributed by atoms with E-state index in [4.69, 9.17) is 11.7 Å². The van der Waals surface area contributed by atoms with E-state index in [1.54, 1.807) is 6.07 Å². The van der Waals surface area contributed by atoms with Gasteiger partial charge in [-0.3, -0.25) is 0 Å². The molecule has 3 rings (SSSR count). The standard InChI is InChI=1S/C24H34.C10H18.C10H22.C2H3N/c1-7-9-10-11-19-13-14-21(20(8-2)17-19)22-16-18(3)12-15-23(22)24(4,5)6;1-4-10(9(2)3)7-5-6-8-10;1-4-7-10(8-5-2)9-6-3;1-2-3/h2,12-14,17,22-23H,7,9-11,15-16H2,1,3-6H3;2,4-8H2,1,3H3;10H,4-9H2,1-3H3;1H3. The number of nitrogens with zero attached hydrogens (tertiary/aromatic N) is 1. The van der Waals surface area contributed by atoms with E-state index in [1.807, 2.05) is 0 Å². The van der Waals surface area contributed by atoms with E-state index < -0.39 is 0 Å². The molecule has 2 unspecified atom stereocenters. The van der Waals surface area contributed by atoms with Crippen molar-refractivity contribution in [3.8, 4) is 18.4 Å². The molecule has 2 aliphatic carbocycles. The molecule has 0 bridgehead atoms. The van der Waals surface area contributed by atoms with Crippen molar-refractivity contribution in [2.24, 2.45) is 22.7 Å². The van der Waals surface area contributed by atoms with Crippen LogP contribution in [0.5, 0.6) is 0 Å². The fourth-order valence-corrected chi connectivity index (χ4v) is 7.93. The Labute approximate surface area is 295 Å². The minimum atomic E-state index is 0.299. The molecule has 1 heteroatoms. The summed E-state index contributed by atoms with van der Waals surface area (Å²) in [5.41, 5.74) is 7.67. The van der Waals surface area contributed by atoms with Crippen LogP contribution in [0.25, 0.3) is 0 Å². The maximum atomic E-state index is 7.32. The molecule has 47 heavy (non-hydrogen) atoms. The van der Waals surface area contributed by atoms with Crippen LogP contribution < -0.4 is 0 Å². The first-order valence-corrected chi connectivity index (χ1v) is 19.6. The van der Waals surface area contributed by atoms with Gasteiger partial charge in [-0.15, -0.1) is 6.42 Å². The number of rotatable bonds is 13. The van der Waals surface area contributed by atoms with Gasteiger partial charge in [0.15, 0.2) is 0 Å². The van der Waals surface area contributed by atoms with Gasteiger partial charge in [0.25, 0.3) is 0 Å². The average molecular weight is 644 g/mol. The maximum absolute atomic E-state index is 7.32. The van der Waals surface area contributed by atoms with E-state index in [-0.39, 0.29) is 0 Å². The largest absolute Gasteiger partial charge is 0.199 e. The van der Waals surface area contributed by atoms with Gasteiger partial charge in [-0.05, 0) is 105 Å². The molecule has 0 spiro atoms. The van der Waals surface area contributed by atoms with Crippen LogP contribution >= 0.6 is 0 Å². The Morgan fingerprint density at radius 1 is 0.979 bits per heavy atom. The fourth-order valence-electron chi connectivity index (χ4n) is 7.93. The van der Waals surface area contributed by atoms with Crippen molar-refractivity contribution in [2.75, 3.05) is 0 Å². The molecule has 0 aliphatic heterocycles. The zero-order valence-corrected chi connectivity index (χ0v) is 33.3. The molecule has 0 saturated heterocycles. The summed E-state index contributed by atoms with van der Waals surface area (Å²) >= 11 is 0. The summed E-state index contributed by atoms with van der Waals surface area (Å²) in [5.74, 6) is 5.22. The third-order valence-corrected chi connectivity index (χ3v) is 10.8. The average Bonchev–Trinajstić information content (AvgIpc) is 3.53. The molecule has 2 atom stereocenters. The number of aryl methyl sites for hydroxylation is 1. The predicted octanol–water partition coefficient (Wildman–Crippen LogP) is 15.0. The molecule has 1 saturated carbocycles. The van der Waals surface area contributed by atoms with Crippen molar-refractivity contribution in [3.63, 3.8) is 0 Å². The Morgan fingerprint density at radius 2 is 1.53 bits per heavy atom. The number of benzene rings is 1. The van der Waals surface area contributed by atoms with Gasteiger partial charge in [-0.2, -0.15) is 5.26 Å². The van der Waals surface area contributed by atoms with E-state index in [0.717, 1.165) is 24.3 Å². The quantitative estimate of drug-likeness (QED) is 0.119. The highest BCUT2D eigenvalue weighted by molar-refractivity contribution is 5.46. The van der Waals surface area contributed by atoms with Gasteiger partial charge in [0.2, 0.25) is 0 Å². The van der Waals surface area contributed by atoms with E-state index in [2.05, 4.69) is 106 Å². The summed E-state index contributed by atoms with van der Waals surface area (Å²) in [7, 11) is 0. The van der Waals surface area contributed by atoms with E-state index in [0.29, 0.717) is 22.7 Å². The van der Waals surface area contributed by atoms with Gasteiger partial charge in [0.1, 0.15) is 0 Å². The van der Waals surface area contributed by atoms with Crippen LogP contribution in [0.3, 0.4) is 0 Å². The van der Waals surface area contributed by atoms with Gasteiger partial charge in [0, 0.05) is 12.5 Å². The van der Waals surface area contributed by atoms with Crippen LogP contribution in [0.4, 0.5) is 0 Å². The molecule has 1 aromatic carbocycles. The van der Waals surface area contributed by atoms with Crippen molar-refractivity contribution in [3.05, 3.63) is 58.7 Å². The Bertz CT molecular complexity index is 1080. The molecule has 266 valence electrons. The highest BCUT2D eigenvalue weighted by Crippen LogP contribution is 2.47. The molecule has 1 aromatic rings. The van der Waals surface area contributed by atoms with Crippen molar-refractivity contribution in [2.45, 2.75) is 191 Å². The lowest BCUT2D eigenvalue weighted by atomic mass is 9.64. The van der Waals surface area contributed by atoms with Gasteiger partial charge >= 0.3 is 0 Å². The second-order valence-corrected chi connectivity index (χ2v) is 15.7. The van der Waals surface area contributed by atoms with E-state index >= 15 is 0 Å². The minimum absolute atomic E-state index is 0.299. The van der Waals surface area contributed by atoms with Crippen molar-refractivity contribution < 1.29 is 0 Å². The van der Waals surface area contributed by atoms with Crippen molar-refractivity contribution in [1.29, 1.82) is 5.26 Å². The van der Waals surface area contributed by atoms with Gasteiger partial charge in [-0.25, -0.2) is 0 Å². The summed E-state index contributed by atoms with van der Waals surface area (Å²) in [4.78, 5) is 0. The summed E-state index contributed by atoms with van der Waals surface area (Å²) < 4.78 is 0. The van der Waals surface area contributed by atoms with Crippen LogP contribution in [-0.2, 0) is 6.42 Å². The molecule has 2 aliphatic rings. The lowest BCUT2D eigenvalue weighted by Gasteiger charge is -2.40. The highest BCUT2D eigenvalue weighted by Gasteiger charge is 2.35. The van der Waals surface area contributed by atoms with Crippen molar-refractivity contribution >= 4 is 0 Å². The molecule has 1 nitrogen and oxygen atoms in total. The van der Waals surface area contributed by atoms with Crippen LogP contribution in [0.15, 0.2) is 42.0 Å². The Kier molecular flexibility index (Phi) is 23.6. The molecular formula is C46H77N. The van der Waals surface area contributed by atoms with Crippen LogP contribution in [0.1, 0.15) is 202 Å². The summed E-state index contributed by atoms with van der Waals surface area (Å²) in [6.45, 7) is 28.5. The molecular weight excluding hydrogens is 567 g/mol. The van der Waals surface area contributed by atoms with Crippen molar-refractivity contribution in [1.82, 2.24) is 0 Å². The number of unbranched alkanes of at least 4 members (excludes halogenated alkanes) is 2. The number of terminal acetylenes is 1. The summed E-state index contributed by atoms with van der Waals surface area (Å²) in [6, 6.07) is 8.68. The molecule has 0 aromatic heterocycles. The van der Waals surface area contributed by atoms with Gasteiger partial charge < -0.3 is 0 Å². The topological polar surface area (TPSA) is 23.8 Å². The predicted molar refractivity (Wildman–Crippen MR) is 212 cm³/mol. The first-order valence-electron chi connectivity index (χ1n) is 19.6. The van der Waals surface area contributed by atoms with Gasteiger partial charge in [-0.1, -0.05) is 161 Å². The third kappa shape index (κ3) is 16.6. The molecule has 0 amide bonds. The second kappa shape index (κ2) is 24.8. The number of nitriles is 1. The summed E-state index contributed by atoms with van der Waals surface area (Å²) in [5, 5.41) is 7.32. The zero-order chi connectivity index (χ0) is 35.9. The first-order chi connectivity index (χ1) is 22.3. The lowest BCUT2D eigenvalue weighted by Crippen LogP contribution is -2.29. The fraction of sp³-hybridized carbons (Fsp3) is 0.717. The Morgan fingerprint density at radius 3 is 1.94 bits per heavy atom. The number of allylic oxidation sites excluding steroid dienone is 3. The molecule has 0 heterocycles. The molecule has 1 fully saturated rings. The minimum Gasteiger partial charge on any atom is -0.199 e. The smallest absolute Gasteiger partial charge is 0.0587 e. The van der Waals surface area contributed by atoms with Crippen LogP contribution in [0.2, 0.25) is 0 Å². The normalized spacial score (nSPS) is 18.2. The van der Waals surface area contributed by atoms with E-state index in [1.165, 1.54) is 126 Å². The first kappa shape index (κ1) is 44.8.